The molecule has 1 fully saturated rings. The van der Waals surface area contributed by atoms with Crippen LogP contribution in [0.1, 0.15) is 37.3 Å². The summed E-state index contributed by atoms with van der Waals surface area (Å²) in [6, 6.07) is 13.7. The summed E-state index contributed by atoms with van der Waals surface area (Å²) >= 11 is 1.58. The predicted molar refractivity (Wildman–Crippen MR) is 131 cm³/mol. The second kappa shape index (κ2) is 9.39. The Morgan fingerprint density at radius 3 is 2.61 bits per heavy atom. The van der Waals surface area contributed by atoms with E-state index in [2.05, 4.69) is 24.0 Å². The maximum Gasteiger partial charge on any atom is 0.247 e. The Kier molecular flexibility index (Phi) is 6.56. The molecule has 3 aromatic rings. The number of amides is 1. The normalized spacial score (nSPS) is 16.4. The quantitative estimate of drug-likeness (QED) is 0.490. The number of methoxy groups -OCH3 is 1. The first-order valence-electron chi connectivity index (χ1n) is 10.9. The number of aliphatic imine (C=N–C) groups is 1. The van der Waals surface area contributed by atoms with Crippen molar-refractivity contribution in [1.29, 1.82) is 0 Å². The first-order valence-corrected chi connectivity index (χ1v) is 11.8. The summed E-state index contributed by atoms with van der Waals surface area (Å²) in [5, 5.41) is 8.95. The van der Waals surface area contributed by atoms with Gasteiger partial charge < -0.3 is 9.15 Å². The molecule has 0 aliphatic carbocycles. The van der Waals surface area contributed by atoms with E-state index in [1.807, 2.05) is 56.3 Å². The first-order chi connectivity index (χ1) is 15.8. The first kappa shape index (κ1) is 23.0. The Balaban J connectivity index is 1.50. The zero-order valence-corrected chi connectivity index (χ0v) is 20.4. The van der Waals surface area contributed by atoms with Crippen LogP contribution in [-0.2, 0) is 11.2 Å². The van der Waals surface area contributed by atoms with Gasteiger partial charge in [-0.05, 0) is 57.5 Å². The van der Waals surface area contributed by atoms with E-state index in [9.17, 15) is 4.79 Å². The van der Waals surface area contributed by atoms with E-state index in [1.165, 1.54) is 0 Å². The standard InChI is InChI=1S/C25H28N4O3S/c1-16-6-9-18(10-7-16)23-28-27-21(32-23)12-13-22(30)29-24(33-15-25(29,3)4)26-19-14-17(2)8-11-20(19)31-5/h6-11,14H,12-13,15H2,1-5H3. The van der Waals surface area contributed by atoms with Gasteiger partial charge in [0.15, 0.2) is 5.17 Å². The van der Waals surface area contributed by atoms with E-state index < -0.39 is 0 Å². The van der Waals surface area contributed by atoms with E-state index in [1.54, 1.807) is 23.8 Å². The average Bonchev–Trinajstić information content (AvgIpc) is 3.37. The number of amidine groups is 1. The van der Waals surface area contributed by atoms with Gasteiger partial charge in [0.25, 0.3) is 0 Å². The molecule has 0 N–H and O–H groups in total. The fourth-order valence-electron chi connectivity index (χ4n) is 3.64. The number of hydrogen-bond donors (Lipinski definition) is 0. The van der Waals surface area contributed by atoms with E-state index in [0.29, 0.717) is 29.1 Å². The maximum absolute atomic E-state index is 13.3. The molecular formula is C25H28N4O3S. The van der Waals surface area contributed by atoms with Gasteiger partial charge in [-0.3, -0.25) is 9.69 Å². The maximum atomic E-state index is 13.3. The molecule has 0 spiro atoms. The second-order valence-corrected chi connectivity index (χ2v) is 9.71. The van der Waals surface area contributed by atoms with Crippen LogP contribution in [0.2, 0.25) is 0 Å². The lowest BCUT2D eigenvalue weighted by atomic mass is 10.1. The largest absolute Gasteiger partial charge is 0.494 e. The SMILES string of the molecule is COc1ccc(C)cc1N=C1SCC(C)(C)N1C(=O)CCc1nnc(-c2ccc(C)cc2)o1. The number of aryl methyl sites for hydroxylation is 3. The van der Waals surface area contributed by atoms with Gasteiger partial charge in [0, 0.05) is 24.2 Å². The molecule has 0 unspecified atom stereocenters. The summed E-state index contributed by atoms with van der Waals surface area (Å²) < 4.78 is 11.3. The molecule has 1 aliphatic rings. The smallest absolute Gasteiger partial charge is 0.247 e. The van der Waals surface area contributed by atoms with Crippen LogP contribution in [0.15, 0.2) is 51.9 Å². The minimum absolute atomic E-state index is 0.0227. The number of carbonyl (C=O) groups excluding carboxylic acids is 1. The summed E-state index contributed by atoms with van der Waals surface area (Å²) in [4.78, 5) is 19.9. The van der Waals surface area contributed by atoms with Gasteiger partial charge in [-0.15, -0.1) is 10.2 Å². The van der Waals surface area contributed by atoms with Gasteiger partial charge in [0.05, 0.1) is 12.6 Å². The highest BCUT2D eigenvalue weighted by molar-refractivity contribution is 8.14. The lowest BCUT2D eigenvalue weighted by molar-refractivity contribution is -0.130. The molecule has 0 bridgehead atoms. The van der Waals surface area contributed by atoms with E-state index in [4.69, 9.17) is 14.1 Å². The molecule has 1 amide bonds. The third-order valence-corrected chi connectivity index (χ3v) is 6.85. The van der Waals surface area contributed by atoms with Crippen molar-refractivity contribution in [3.8, 4) is 17.2 Å². The van der Waals surface area contributed by atoms with E-state index in [-0.39, 0.29) is 17.9 Å². The number of hydrogen-bond acceptors (Lipinski definition) is 7. The molecule has 172 valence electrons. The number of benzene rings is 2. The Labute approximate surface area is 198 Å². The zero-order valence-electron chi connectivity index (χ0n) is 19.6. The van der Waals surface area contributed by atoms with Crippen molar-refractivity contribution in [2.45, 2.75) is 46.1 Å². The van der Waals surface area contributed by atoms with Gasteiger partial charge in [-0.2, -0.15) is 0 Å². The minimum Gasteiger partial charge on any atom is -0.494 e. The Morgan fingerprint density at radius 2 is 1.88 bits per heavy atom. The Hall–Kier alpha value is -3.13. The molecule has 4 rings (SSSR count). The van der Waals surface area contributed by atoms with Crippen molar-refractivity contribution >= 4 is 28.5 Å². The van der Waals surface area contributed by atoms with Crippen LogP contribution in [0.3, 0.4) is 0 Å². The van der Waals surface area contributed by atoms with Crippen LogP contribution in [-0.4, -0.2) is 44.6 Å². The number of thioether (sulfide) groups is 1. The summed E-state index contributed by atoms with van der Waals surface area (Å²) in [5.74, 6) is 2.33. The number of ether oxygens (including phenoxy) is 1. The number of rotatable bonds is 6. The lowest BCUT2D eigenvalue weighted by Crippen LogP contribution is -2.46. The molecule has 0 radical (unpaired) electrons. The summed E-state index contributed by atoms with van der Waals surface area (Å²) in [6.07, 6.45) is 0.624. The molecular weight excluding hydrogens is 436 g/mol. The number of nitrogens with zero attached hydrogens (tertiary/aromatic N) is 4. The molecule has 1 saturated heterocycles. The molecule has 33 heavy (non-hydrogen) atoms. The number of aromatic nitrogens is 2. The highest BCUT2D eigenvalue weighted by Crippen LogP contribution is 2.37. The van der Waals surface area contributed by atoms with Gasteiger partial charge >= 0.3 is 0 Å². The van der Waals surface area contributed by atoms with Gasteiger partial charge in [-0.1, -0.05) is 35.5 Å². The van der Waals surface area contributed by atoms with Crippen molar-refractivity contribution in [1.82, 2.24) is 15.1 Å². The van der Waals surface area contributed by atoms with E-state index in [0.717, 1.165) is 28.1 Å². The lowest BCUT2D eigenvalue weighted by Gasteiger charge is -2.30. The number of carbonyl (C=O) groups is 1. The van der Waals surface area contributed by atoms with Gasteiger partial charge in [0.2, 0.25) is 17.7 Å². The van der Waals surface area contributed by atoms with Crippen LogP contribution >= 0.6 is 11.8 Å². The highest BCUT2D eigenvalue weighted by atomic mass is 32.2. The van der Waals surface area contributed by atoms with Crippen molar-refractivity contribution in [3.05, 3.63) is 59.5 Å². The van der Waals surface area contributed by atoms with Crippen molar-refractivity contribution in [2.24, 2.45) is 4.99 Å². The van der Waals surface area contributed by atoms with Crippen molar-refractivity contribution < 1.29 is 13.9 Å². The van der Waals surface area contributed by atoms with Crippen LogP contribution in [0.25, 0.3) is 11.5 Å². The molecule has 8 heteroatoms. The fraction of sp³-hybridized carbons (Fsp3) is 0.360. The monoisotopic (exact) mass is 464 g/mol. The average molecular weight is 465 g/mol. The Bertz CT molecular complexity index is 1180. The molecule has 7 nitrogen and oxygen atoms in total. The van der Waals surface area contributed by atoms with Crippen LogP contribution in [0.4, 0.5) is 5.69 Å². The molecule has 0 atom stereocenters. The van der Waals surface area contributed by atoms with Crippen molar-refractivity contribution in [2.75, 3.05) is 12.9 Å². The molecule has 0 saturated carbocycles. The van der Waals surface area contributed by atoms with Gasteiger partial charge in [-0.25, -0.2) is 4.99 Å². The Morgan fingerprint density at radius 1 is 1.15 bits per heavy atom. The molecule has 2 heterocycles. The summed E-state index contributed by atoms with van der Waals surface area (Å²) in [6.45, 7) is 8.14. The van der Waals surface area contributed by atoms with E-state index >= 15 is 0 Å². The highest BCUT2D eigenvalue weighted by Gasteiger charge is 2.41. The van der Waals surface area contributed by atoms with Crippen LogP contribution in [0.5, 0.6) is 5.75 Å². The fourth-order valence-corrected chi connectivity index (χ4v) is 4.89. The molecule has 1 aromatic heterocycles. The zero-order chi connectivity index (χ0) is 23.6. The molecule has 1 aliphatic heterocycles. The van der Waals surface area contributed by atoms with Crippen LogP contribution < -0.4 is 4.74 Å². The second-order valence-electron chi connectivity index (χ2n) is 8.77. The van der Waals surface area contributed by atoms with Crippen LogP contribution in [0, 0.1) is 13.8 Å². The van der Waals surface area contributed by atoms with Crippen molar-refractivity contribution in [3.63, 3.8) is 0 Å². The minimum atomic E-state index is -0.348. The summed E-state index contributed by atoms with van der Waals surface area (Å²) in [7, 11) is 1.62. The third-order valence-electron chi connectivity index (χ3n) is 5.47. The topological polar surface area (TPSA) is 80.8 Å². The van der Waals surface area contributed by atoms with Gasteiger partial charge in [0.1, 0.15) is 11.4 Å². The molecule has 2 aromatic carbocycles. The third kappa shape index (κ3) is 5.11. The predicted octanol–water partition coefficient (Wildman–Crippen LogP) is 5.34. The summed E-state index contributed by atoms with van der Waals surface area (Å²) in [5.41, 5.74) is 3.48.